The van der Waals surface area contributed by atoms with Crippen LogP contribution in [0.3, 0.4) is 0 Å². The maximum atomic E-state index is 14.0. The van der Waals surface area contributed by atoms with Crippen LogP contribution in [0.4, 0.5) is 4.39 Å². The predicted molar refractivity (Wildman–Crippen MR) is 79.5 cm³/mol. The van der Waals surface area contributed by atoms with Crippen molar-refractivity contribution in [1.82, 2.24) is 14.3 Å². The lowest BCUT2D eigenvalue weighted by atomic mass is 10.2. The maximum absolute atomic E-state index is 14.0. The summed E-state index contributed by atoms with van der Waals surface area (Å²) in [5, 5.41) is 8.82. The SMILES string of the molecule is CN(Cc1cnccn1)S(=O)(=O)c1cc(Br)c(C#N)cc1F. The second-order valence-corrected chi connectivity index (χ2v) is 7.20. The van der Waals surface area contributed by atoms with Crippen molar-refractivity contribution in [2.75, 3.05) is 7.05 Å². The van der Waals surface area contributed by atoms with Crippen molar-refractivity contribution >= 4 is 26.0 Å². The highest BCUT2D eigenvalue weighted by Crippen LogP contribution is 2.26. The summed E-state index contributed by atoms with van der Waals surface area (Å²) >= 11 is 3.06. The normalized spacial score (nSPS) is 11.4. The lowest BCUT2D eigenvalue weighted by Crippen LogP contribution is -2.27. The van der Waals surface area contributed by atoms with Gasteiger partial charge in [-0.1, -0.05) is 0 Å². The number of sulfonamides is 1. The fraction of sp³-hybridized carbons (Fsp3) is 0.154. The minimum atomic E-state index is -4.06. The van der Waals surface area contributed by atoms with Crippen molar-refractivity contribution in [2.45, 2.75) is 11.4 Å². The molecule has 0 unspecified atom stereocenters. The predicted octanol–water partition coefficient (Wildman–Crippen LogP) is 2.07. The zero-order valence-corrected chi connectivity index (χ0v) is 13.8. The third-order valence-electron chi connectivity index (χ3n) is 2.83. The van der Waals surface area contributed by atoms with Crippen LogP contribution in [0.15, 0.2) is 40.1 Å². The van der Waals surface area contributed by atoms with Crippen LogP contribution >= 0.6 is 15.9 Å². The Hall–Kier alpha value is -1.89. The number of benzene rings is 1. The molecule has 114 valence electrons. The number of rotatable bonds is 4. The molecule has 0 fully saturated rings. The minimum Gasteiger partial charge on any atom is -0.261 e. The Morgan fingerprint density at radius 1 is 1.41 bits per heavy atom. The van der Waals surface area contributed by atoms with E-state index >= 15 is 0 Å². The second-order valence-electron chi connectivity index (χ2n) is 4.33. The molecule has 9 heteroatoms. The summed E-state index contributed by atoms with van der Waals surface area (Å²) in [6.45, 7) is -0.0484. The van der Waals surface area contributed by atoms with Crippen molar-refractivity contribution in [2.24, 2.45) is 0 Å². The summed E-state index contributed by atoms with van der Waals surface area (Å²) in [6.07, 6.45) is 4.33. The lowest BCUT2D eigenvalue weighted by molar-refractivity contribution is 0.455. The van der Waals surface area contributed by atoms with Crippen LogP contribution in [0.5, 0.6) is 0 Å². The Morgan fingerprint density at radius 2 is 2.14 bits per heavy atom. The molecule has 22 heavy (non-hydrogen) atoms. The fourth-order valence-corrected chi connectivity index (χ4v) is 3.50. The van der Waals surface area contributed by atoms with Crippen molar-refractivity contribution in [3.63, 3.8) is 0 Å². The van der Waals surface area contributed by atoms with E-state index in [2.05, 4.69) is 25.9 Å². The van der Waals surface area contributed by atoms with Crippen molar-refractivity contribution in [1.29, 1.82) is 5.26 Å². The number of hydrogen-bond donors (Lipinski definition) is 0. The number of nitrogens with zero attached hydrogens (tertiary/aromatic N) is 4. The highest BCUT2D eigenvalue weighted by atomic mass is 79.9. The first kappa shape index (κ1) is 16.5. The van der Waals surface area contributed by atoms with E-state index in [1.54, 1.807) is 6.07 Å². The van der Waals surface area contributed by atoms with E-state index < -0.39 is 20.7 Å². The number of halogens is 2. The average molecular weight is 385 g/mol. The Kier molecular flexibility index (Phi) is 4.85. The van der Waals surface area contributed by atoms with Crippen LogP contribution in [-0.4, -0.2) is 29.7 Å². The Morgan fingerprint density at radius 3 is 2.73 bits per heavy atom. The van der Waals surface area contributed by atoms with Gasteiger partial charge in [0.2, 0.25) is 10.0 Å². The van der Waals surface area contributed by atoms with E-state index in [1.165, 1.54) is 25.6 Å². The van der Waals surface area contributed by atoms with E-state index in [9.17, 15) is 12.8 Å². The molecule has 1 aromatic heterocycles. The first-order chi connectivity index (χ1) is 10.4. The molecule has 0 saturated carbocycles. The Bertz CT molecular complexity index is 837. The zero-order valence-electron chi connectivity index (χ0n) is 11.4. The van der Waals surface area contributed by atoms with Crippen LogP contribution in [0.2, 0.25) is 0 Å². The third-order valence-corrected chi connectivity index (χ3v) is 5.31. The molecule has 0 saturated heterocycles. The van der Waals surface area contributed by atoms with Crippen molar-refractivity contribution < 1.29 is 12.8 Å². The molecule has 0 aliphatic carbocycles. The highest BCUT2D eigenvalue weighted by molar-refractivity contribution is 9.10. The van der Waals surface area contributed by atoms with Gasteiger partial charge in [-0.05, 0) is 28.1 Å². The summed E-state index contributed by atoms with van der Waals surface area (Å²) < 4.78 is 40.1. The number of nitriles is 1. The van der Waals surface area contributed by atoms with E-state index in [-0.39, 0.29) is 16.6 Å². The average Bonchev–Trinajstić information content (AvgIpc) is 2.50. The largest absolute Gasteiger partial charge is 0.261 e. The highest BCUT2D eigenvalue weighted by Gasteiger charge is 2.26. The summed E-state index contributed by atoms with van der Waals surface area (Å²) in [4.78, 5) is 7.31. The van der Waals surface area contributed by atoms with Gasteiger partial charge in [-0.25, -0.2) is 12.8 Å². The van der Waals surface area contributed by atoms with Gasteiger partial charge in [-0.2, -0.15) is 9.57 Å². The molecule has 0 bridgehead atoms. The Balaban J connectivity index is 2.38. The van der Waals surface area contributed by atoms with Crippen LogP contribution in [0.25, 0.3) is 0 Å². The van der Waals surface area contributed by atoms with Gasteiger partial charge in [0.25, 0.3) is 0 Å². The fourth-order valence-electron chi connectivity index (χ4n) is 1.70. The second kappa shape index (κ2) is 6.48. The maximum Gasteiger partial charge on any atom is 0.246 e. The van der Waals surface area contributed by atoms with Gasteiger partial charge < -0.3 is 0 Å². The van der Waals surface area contributed by atoms with Gasteiger partial charge in [-0.3, -0.25) is 9.97 Å². The molecule has 0 radical (unpaired) electrons. The molecule has 0 spiro atoms. The van der Waals surface area contributed by atoms with Gasteiger partial charge >= 0.3 is 0 Å². The molecule has 2 aromatic rings. The van der Waals surface area contributed by atoms with Crippen LogP contribution in [0, 0.1) is 17.1 Å². The summed E-state index contributed by atoms with van der Waals surface area (Å²) in [5.74, 6) is -0.981. The number of hydrogen-bond acceptors (Lipinski definition) is 5. The topological polar surface area (TPSA) is 87.0 Å². The third kappa shape index (κ3) is 3.30. The lowest BCUT2D eigenvalue weighted by Gasteiger charge is -2.17. The van der Waals surface area contributed by atoms with Gasteiger partial charge in [-0.15, -0.1) is 0 Å². The van der Waals surface area contributed by atoms with E-state index in [0.29, 0.717) is 5.69 Å². The smallest absolute Gasteiger partial charge is 0.246 e. The summed E-state index contributed by atoms with van der Waals surface area (Å²) in [7, 11) is -2.75. The zero-order chi connectivity index (χ0) is 16.3. The van der Waals surface area contributed by atoms with E-state index in [1.807, 2.05) is 0 Å². The molecular formula is C13H10BrFN4O2S. The van der Waals surface area contributed by atoms with E-state index in [0.717, 1.165) is 16.4 Å². The molecule has 1 aromatic carbocycles. The van der Waals surface area contributed by atoms with Gasteiger partial charge in [0.05, 0.1) is 17.8 Å². The number of aromatic nitrogens is 2. The van der Waals surface area contributed by atoms with Crippen molar-refractivity contribution in [3.05, 3.63) is 52.3 Å². The van der Waals surface area contributed by atoms with E-state index in [4.69, 9.17) is 5.26 Å². The summed E-state index contributed by atoms with van der Waals surface area (Å²) in [6, 6.07) is 3.73. The van der Waals surface area contributed by atoms with Gasteiger partial charge in [0, 0.05) is 30.1 Å². The molecule has 1 heterocycles. The molecule has 0 amide bonds. The van der Waals surface area contributed by atoms with Crippen LogP contribution in [0.1, 0.15) is 11.3 Å². The molecule has 0 aliphatic heterocycles. The minimum absolute atomic E-state index is 0.0213. The summed E-state index contributed by atoms with van der Waals surface area (Å²) in [5.41, 5.74) is 0.453. The standard InChI is InChI=1S/C13H10BrFN4O2S/c1-19(8-10-7-17-2-3-18-10)22(20,21)13-5-11(14)9(6-16)4-12(13)15/h2-5,7H,8H2,1H3. The molecule has 0 atom stereocenters. The first-order valence-corrected chi connectivity index (χ1v) is 8.20. The van der Waals surface area contributed by atoms with Crippen molar-refractivity contribution in [3.8, 4) is 6.07 Å². The molecule has 0 N–H and O–H groups in total. The quantitative estimate of drug-likeness (QED) is 0.804. The van der Waals surface area contributed by atoms with Crippen LogP contribution < -0.4 is 0 Å². The first-order valence-electron chi connectivity index (χ1n) is 5.96. The van der Waals surface area contributed by atoms with Gasteiger partial charge in [0.15, 0.2) is 0 Å². The molecule has 6 nitrogen and oxygen atoms in total. The Labute approximate surface area is 135 Å². The van der Waals surface area contributed by atoms with Crippen LogP contribution in [-0.2, 0) is 16.6 Å². The monoisotopic (exact) mass is 384 g/mol. The van der Waals surface area contributed by atoms with Gasteiger partial charge in [0.1, 0.15) is 16.8 Å². The molecule has 2 rings (SSSR count). The molecule has 0 aliphatic rings. The molecular weight excluding hydrogens is 375 g/mol.